The summed E-state index contributed by atoms with van der Waals surface area (Å²) in [6, 6.07) is 6.78. The highest BCUT2D eigenvalue weighted by Crippen LogP contribution is 2.32. The van der Waals surface area contributed by atoms with Gasteiger partial charge in [-0.15, -0.1) is 0 Å². The minimum Gasteiger partial charge on any atom is -0.469 e. The molecule has 1 aromatic carbocycles. The molecule has 21 heavy (non-hydrogen) atoms. The predicted molar refractivity (Wildman–Crippen MR) is 80.6 cm³/mol. The first-order valence-corrected chi connectivity index (χ1v) is 7.72. The maximum Gasteiger partial charge on any atom is 0.305 e. The lowest BCUT2D eigenvalue weighted by atomic mass is 9.82. The Hall–Kier alpha value is -1.42. The third-order valence-corrected chi connectivity index (χ3v) is 4.32. The average Bonchev–Trinajstić information content (AvgIpc) is 2.52. The largest absolute Gasteiger partial charge is 0.469 e. The molecule has 1 fully saturated rings. The van der Waals surface area contributed by atoms with Crippen LogP contribution in [0.5, 0.6) is 0 Å². The monoisotopic (exact) mass is 293 g/mol. The van der Waals surface area contributed by atoms with Gasteiger partial charge < -0.3 is 10.1 Å². The maximum atomic E-state index is 13.5. The second-order valence-electron chi connectivity index (χ2n) is 5.80. The highest BCUT2D eigenvalue weighted by molar-refractivity contribution is 5.69. The molecule has 1 heterocycles. The van der Waals surface area contributed by atoms with Gasteiger partial charge in [-0.25, -0.2) is 4.39 Å². The Balaban J connectivity index is 2.03. The van der Waals surface area contributed by atoms with E-state index < -0.39 is 0 Å². The molecule has 0 spiro atoms. The number of esters is 1. The molecule has 1 aliphatic heterocycles. The van der Waals surface area contributed by atoms with Crippen molar-refractivity contribution in [3.05, 3.63) is 35.6 Å². The number of nitrogens with one attached hydrogen (secondary N) is 1. The van der Waals surface area contributed by atoms with E-state index in [4.69, 9.17) is 4.74 Å². The SMILES string of the molecule is COC(=O)CCC(CC1CCNCC1)c1cccc(F)c1. The summed E-state index contributed by atoms with van der Waals surface area (Å²) in [5.41, 5.74) is 0.998. The summed E-state index contributed by atoms with van der Waals surface area (Å²) in [5, 5.41) is 3.36. The Kier molecular flexibility index (Phi) is 6.18. The van der Waals surface area contributed by atoms with E-state index in [-0.39, 0.29) is 17.7 Å². The van der Waals surface area contributed by atoms with Gasteiger partial charge in [0.25, 0.3) is 0 Å². The number of halogens is 1. The lowest BCUT2D eigenvalue weighted by Gasteiger charge is -2.27. The molecule has 0 aromatic heterocycles. The molecule has 1 saturated heterocycles. The van der Waals surface area contributed by atoms with Crippen LogP contribution in [0.25, 0.3) is 0 Å². The molecule has 4 heteroatoms. The van der Waals surface area contributed by atoms with Gasteiger partial charge in [-0.3, -0.25) is 4.79 Å². The molecule has 3 nitrogen and oxygen atoms in total. The summed E-state index contributed by atoms with van der Waals surface area (Å²) in [6.07, 6.45) is 4.44. The van der Waals surface area contributed by atoms with Gasteiger partial charge in [0.05, 0.1) is 7.11 Å². The van der Waals surface area contributed by atoms with Gasteiger partial charge in [0.15, 0.2) is 0 Å². The van der Waals surface area contributed by atoms with Gasteiger partial charge in [0, 0.05) is 6.42 Å². The zero-order chi connectivity index (χ0) is 15.1. The fourth-order valence-electron chi connectivity index (χ4n) is 3.10. The van der Waals surface area contributed by atoms with Crippen LogP contribution in [0.15, 0.2) is 24.3 Å². The Morgan fingerprint density at radius 3 is 2.86 bits per heavy atom. The van der Waals surface area contributed by atoms with Crippen LogP contribution in [-0.2, 0) is 9.53 Å². The summed E-state index contributed by atoms with van der Waals surface area (Å²) < 4.78 is 18.2. The number of methoxy groups -OCH3 is 1. The number of carbonyl (C=O) groups excluding carboxylic acids is 1. The fourth-order valence-corrected chi connectivity index (χ4v) is 3.10. The summed E-state index contributed by atoms with van der Waals surface area (Å²) in [6.45, 7) is 2.11. The van der Waals surface area contributed by atoms with Crippen molar-refractivity contribution in [2.24, 2.45) is 5.92 Å². The fraction of sp³-hybridized carbons (Fsp3) is 0.588. The summed E-state index contributed by atoms with van der Waals surface area (Å²) >= 11 is 0. The molecule has 1 aliphatic rings. The summed E-state index contributed by atoms with van der Waals surface area (Å²) in [5.74, 6) is 0.475. The predicted octanol–water partition coefficient (Wildman–Crippen LogP) is 3.25. The first-order valence-electron chi connectivity index (χ1n) is 7.72. The van der Waals surface area contributed by atoms with E-state index >= 15 is 0 Å². The molecule has 116 valence electrons. The average molecular weight is 293 g/mol. The molecule has 0 aliphatic carbocycles. The number of benzene rings is 1. The van der Waals surface area contributed by atoms with Crippen molar-refractivity contribution in [2.75, 3.05) is 20.2 Å². The molecule has 2 rings (SSSR count). The van der Waals surface area contributed by atoms with Crippen LogP contribution < -0.4 is 5.32 Å². The highest BCUT2D eigenvalue weighted by atomic mass is 19.1. The van der Waals surface area contributed by atoms with Gasteiger partial charge in [-0.05, 0) is 68.3 Å². The molecular weight excluding hydrogens is 269 g/mol. The zero-order valence-electron chi connectivity index (χ0n) is 12.6. The van der Waals surface area contributed by atoms with Crippen molar-refractivity contribution in [1.82, 2.24) is 5.32 Å². The first kappa shape index (κ1) is 16.0. The molecule has 1 unspecified atom stereocenters. The van der Waals surface area contributed by atoms with Crippen molar-refractivity contribution in [3.63, 3.8) is 0 Å². The van der Waals surface area contributed by atoms with Crippen LogP contribution in [0.4, 0.5) is 4.39 Å². The van der Waals surface area contributed by atoms with Crippen molar-refractivity contribution in [1.29, 1.82) is 0 Å². The molecule has 1 atom stereocenters. The smallest absolute Gasteiger partial charge is 0.305 e. The quantitative estimate of drug-likeness (QED) is 0.818. The van der Waals surface area contributed by atoms with Crippen LogP contribution in [-0.4, -0.2) is 26.2 Å². The standard InChI is InChI=1S/C17H24FNO2/c1-21-17(20)6-5-15(11-13-7-9-19-10-8-13)14-3-2-4-16(18)12-14/h2-4,12-13,15,19H,5-11H2,1H3. The third-order valence-electron chi connectivity index (χ3n) is 4.32. The van der Waals surface area contributed by atoms with E-state index in [1.807, 2.05) is 6.07 Å². The Labute approximate surface area is 125 Å². The van der Waals surface area contributed by atoms with Gasteiger partial charge in [-0.1, -0.05) is 12.1 Å². The minimum absolute atomic E-state index is 0.193. The number of carbonyl (C=O) groups is 1. The van der Waals surface area contributed by atoms with Crippen LogP contribution in [0.2, 0.25) is 0 Å². The normalized spacial score (nSPS) is 17.4. The second-order valence-corrected chi connectivity index (χ2v) is 5.80. The molecular formula is C17H24FNO2. The third kappa shape index (κ3) is 5.12. The van der Waals surface area contributed by atoms with E-state index in [9.17, 15) is 9.18 Å². The lowest BCUT2D eigenvalue weighted by Crippen LogP contribution is -2.28. The van der Waals surface area contributed by atoms with E-state index in [1.165, 1.54) is 13.2 Å². The molecule has 1 N–H and O–H groups in total. The Morgan fingerprint density at radius 2 is 2.19 bits per heavy atom. The minimum atomic E-state index is -0.208. The van der Waals surface area contributed by atoms with Gasteiger partial charge in [-0.2, -0.15) is 0 Å². The second kappa shape index (κ2) is 8.13. The van der Waals surface area contributed by atoms with Gasteiger partial charge in [0.1, 0.15) is 5.82 Å². The molecule has 0 radical (unpaired) electrons. The number of hydrogen-bond donors (Lipinski definition) is 1. The molecule has 0 amide bonds. The van der Waals surface area contributed by atoms with E-state index in [0.717, 1.165) is 44.3 Å². The number of hydrogen-bond acceptors (Lipinski definition) is 3. The van der Waals surface area contributed by atoms with E-state index in [1.54, 1.807) is 12.1 Å². The lowest BCUT2D eigenvalue weighted by molar-refractivity contribution is -0.140. The number of rotatable bonds is 6. The Morgan fingerprint density at radius 1 is 1.43 bits per heavy atom. The van der Waals surface area contributed by atoms with Crippen molar-refractivity contribution < 1.29 is 13.9 Å². The van der Waals surface area contributed by atoms with Crippen LogP contribution in [0.3, 0.4) is 0 Å². The van der Waals surface area contributed by atoms with Crippen molar-refractivity contribution in [2.45, 2.75) is 38.0 Å². The summed E-state index contributed by atoms with van der Waals surface area (Å²) in [7, 11) is 1.41. The molecule has 1 aromatic rings. The first-order chi connectivity index (χ1) is 10.2. The highest BCUT2D eigenvalue weighted by Gasteiger charge is 2.21. The van der Waals surface area contributed by atoms with Crippen LogP contribution in [0, 0.1) is 11.7 Å². The van der Waals surface area contributed by atoms with Gasteiger partial charge >= 0.3 is 5.97 Å². The molecule has 0 saturated carbocycles. The summed E-state index contributed by atoms with van der Waals surface area (Å²) in [4.78, 5) is 11.4. The van der Waals surface area contributed by atoms with Gasteiger partial charge in [0.2, 0.25) is 0 Å². The van der Waals surface area contributed by atoms with Crippen LogP contribution in [0.1, 0.15) is 43.6 Å². The van der Waals surface area contributed by atoms with Crippen LogP contribution >= 0.6 is 0 Å². The maximum absolute atomic E-state index is 13.5. The Bertz CT molecular complexity index is 458. The number of piperidine rings is 1. The number of ether oxygens (including phenoxy) is 1. The van der Waals surface area contributed by atoms with E-state index in [0.29, 0.717) is 12.3 Å². The zero-order valence-corrected chi connectivity index (χ0v) is 12.6. The van der Waals surface area contributed by atoms with Crippen molar-refractivity contribution >= 4 is 5.97 Å². The topological polar surface area (TPSA) is 38.3 Å². The van der Waals surface area contributed by atoms with E-state index in [2.05, 4.69) is 5.32 Å². The van der Waals surface area contributed by atoms with Crippen molar-refractivity contribution in [3.8, 4) is 0 Å². The molecule has 0 bridgehead atoms.